The minimum Gasteiger partial charge on any atom is -0.314 e. The topological polar surface area (TPSA) is 64.7 Å². The molecule has 0 saturated heterocycles. The number of rotatable bonds is 6. The second kappa shape index (κ2) is 6.47. The second-order valence-corrected chi connectivity index (χ2v) is 3.08. The first-order valence-electron chi connectivity index (χ1n) is 3.59. The molecule has 0 bridgehead atoms. The monoisotopic (exact) mass is 204 g/mol. The summed E-state index contributed by atoms with van der Waals surface area (Å²) in [5.74, 6) is 0. The van der Waals surface area contributed by atoms with Crippen LogP contribution in [0.25, 0.3) is 0 Å². The van der Waals surface area contributed by atoms with Crippen LogP contribution < -0.4 is 0 Å². The number of allylic oxidation sites excluding steroid dienone is 1. The molecule has 13 heavy (non-hydrogen) atoms. The van der Waals surface area contributed by atoms with Crippen LogP contribution in [0.5, 0.6) is 0 Å². The van der Waals surface area contributed by atoms with Crippen molar-refractivity contribution in [3.8, 4) is 0 Å². The van der Waals surface area contributed by atoms with Gasteiger partial charge in [-0.3, -0.25) is 4.99 Å². The molecule has 0 aromatic carbocycles. The van der Waals surface area contributed by atoms with Crippen LogP contribution in [-0.2, 0) is 4.84 Å². The van der Waals surface area contributed by atoms with E-state index in [-0.39, 0.29) is 6.61 Å². The maximum absolute atomic E-state index is 9.83. The highest BCUT2D eigenvalue weighted by Crippen LogP contribution is 2.20. The van der Waals surface area contributed by atoms with Gasteiger partial charge < -0.3 is 4.84 Å². The van der Waals surface area contributed by atoms with Crippen LogP contribution in [0.2, 0.25) is 0 Å². The van der Waals surface area contributed by atoms with Gasteiger partial charge in [-0.05, 0) is 19.9 Å². The molecule has 0 radical (unpaired) electrons. The smallest absolute Gasteiger partial charge is 0.294 e. The highest BCUT2D eigenvalue weighted by atomic mass is 32.2. The first-order chi connectivity index (χ1) is 6.11. The quantitative estimate of drug-likeness (QED) is 0.376. The van der Waals surface area contributed by atoms with Gasteiger partial charge in [0.2, 0.25) is 0 Å². The Morgan fingerprint density at radius 3 is 2.77 bits per heavy atom. The van der Waals surface area contributed by atoms with Crippen molar-refractivity contribution >= 4 is 18.5 Å². The van der Waals surface area contributed by atoms with E-state index in [1.165, 1.54) is 11.8 Å². The van der Waals surface area contributed by atoms with Gasteiger partial charge in [-0.25, -0.2) is 0 Å². The fraction of sp³-hybridized carbons (Fsp3) is 0.571. The summed E-state index contributed by atoms with van der Waals surface area (Å²) in [5.41, 5.74) is 0.791. The first kappa shape index (κ1) is 12.0. The van der Waals surface area contributed by atoms with Gasteiger partial charge in [-0.1, -0.05) is 0 Å². The van der Waals surface area contributed by atoms with Crippen molar-refractivity contribution in [3.63, 3.8) is 0 Å². The molecule has 0 heterocycles. The van der Waals surface area contributed by atoms with Gasteiger partial charge in [-0.2, -0.15) is 0 Å². The molecular weight excluding hydrogens is 192 g/mol. The fourth-order valence-electron chi connectivity index (χ4n) is 0.732. The van der Waals surface area contributed by atoms with Gasteiger partial charge in [-0.15, -0.1) is 21.9 Å². The predicted octanol–water partition coefficient (Wildman–Crippen LogP) is 1.88. The molecule has 0 atom stereocenters. The Morgan fingerprint density at radius 2 is 2.38 bits per heavy atom. The van der Waals surface area contributed by atoms with E-state index >= 15 is 0 Å². The van der Waals surface area contributed by atoms with Crippen LogP contribution in [0.15, 0.2) is 15.6 Å². The molecule has 0 N–H and O–H groups in total. The van der Waals surface area contributed by atoms with Crippen LogP contribution in [0, 0.1) is 10.1 Å². The number of hydrogen-bond acceptors (Lipinski definition) is 5. The summed E-state index contributed by atoms with van der Waals surface area (Å²) in [6, 6.07) is 0. The van der Waals surface area contributed by atoms with E-state index in [9.17, 15) is 10.1 Å². The Bertz CT molecular complexity index is 228. The zero-order chi connectivity index (χ0) is 10.3. The highest BCUT2D eigenvalue weighted by molar-refractivity contribution is 8.02. The molecule has 6 heteroatoms. The molecule has 0 fully saturated rings. The number of hydrogen-bond donors (Lipinski definition) is 0. The summed E-state index contributed by atoms with van der Waals surface area (Å²) < 4.78 is 0. The van der Waals surface area contributed by atoms with E-state index in [2.05, 4.69) is 16.5 Å². The average molecular weight is 204 g/mol. The third kappa shape index (κ3) is 5.24. The third-order valence-electron chi connectivity index (χ3n) is 1.41. The summed E-state index contributed by atoms with van der Waals surface area (Å²) in [7, 11) is 0. The van der Waals surface area contributed by atoms with E-state index in [1.54, 1.807) is 0 Å². The molecule has 0 aliphatic carbocycles. The summed E-state index contributed by atoms with van der Waals surface area (Å²) >= 11 is 1.50. The minimum atomic E-state index is -0.797. The molecule has 0 aliphatic rings. The predicted molar refractivity (Wildman–Crippen MR) is 53.3 cm³/mol. The molecule has 0 saturated carbocycles. The van der Waals surface area contributed by atoms with E-state index in [1.807, 2.05) is 13.2 Å². The largest absolute Gasteiger partial charge is 0.314 e. The van der Waals surface area contributed by atoms with Crippen molar-refractivity contribution in [2.24, 2.45) is 4.99 Å². The Balaban J connectivity index is 4.00. The lowest BCUT2D eigenvalue weighted by atomic mass is 10.3. The zero-order valence-corrected chi connectivity index (χ0v) is 8.47. The van der Waals surface area contributed by atoms with Gasteiger partial charge in [0, 0.05) is 17.0 Å². The number of thioether (sulfide) groups is 1. The average Bonchev–Trinajstić information content (AvgIpc) is 2.11. The molecular formula is C7H12N2O3S. The summed E-state index contributed by atoms with van der Waals surface area (Å²) in [6.07, 6.45) is 2.38. The highest BCUT2D eigenvalue weighted by Gasteiger charge is 2.01. The van der Waals surface area contributed by atoms with Gasteiger partial charge in [0.15, 0.2) is 0 Å². The molecule has 0 amide bonds. The third-order valence-corrected chi connectivity index (χ3v) is 2.41. The lowest BCUT2D eigenvalue weighted by Crippen LogP contribution is -2.02. The Morgan fingerprint density at radius 1 is 1.77 bits per heavy atom. The van der Waals surface area contributed by atoms with Crippen molar-refractivity contribution in [1.82, 2.24) is 0 Å². The van der Waals surface area contributed by atoms with Crippen LogP contribution in [0.1, 0.15) is 13.3 Å². The fourth-order valence-corrected chi connectivity index (χ4v) is 1.38. The SMILES string of the molecule is C=N/C(C)=C(/CCO[N+](=O)[O-])SC. The Hall–Kier alpha value is -1.04. The summed E-state index contributed by atoms with van der Waals surface area (Å²) in [6.45, 7) is 5.25. The first-order valence-corrected chi connectivity index (χ1v) is 4.82. The van der Waals surface area contributed by atoms with E-state index in [0.29, 0.717) is 6.42 Å². The van der Waals surface area contributed by atoms with Crippen LogP contribution in [0.3, 0.4) is 0 Å². The molecule has 0 aliphatic heterocycles. The standard InChI is InChI=1S/C7H12N2O3S/c1-6(8-2)7(13-3)4-5-12-9(10)11/h2,4-5H2,1,3H3/b7-6-. The van der Waals surface area contributed by atoms with Gasteiger partial charge in [0.25, 0.3) is 5.09 Å². The lowest BCUT2D eigenvalue weighted by molar-refractivity contribution is -0.757. The number of nitrogens with zero attached hydrogens (tertiary/aromatic N) is 2. The molecule has 0 spiro atoms. The number of aliphatic imine (C=N–C) groups is 1. The Kier molecular flexibility index (Phi) is 5.96. The molecule has 0 aromatic heterocycles. The van der Waals surface area contributed by atoms with Crippen molar-refractivity contribution in [2.45, 2.75) is 13.3 Å². The van der Waals surface area contributed by atoms with E-state index in [0.717, 1.165) is 10.6 Å². The second-order valence-electron chi connectivity index (χ2n) is 2.18. The molecule has 0 rings (SSSR count). The summed E-state index contributed by atoms with van der Waals surface area (Å²) in [5, 5.41) is 9.04. The van der Waals surface area contributed by atoms with Crippen LogP contribution in [-0.4, -0.2) is 24.7 Å². The van der Waals surface area contributed by atoms with Gasteiger partial charge >= 0.3 is 0 Å². The van der Waals surface area contributed by atoms with Crippen molar-refractivity contribution < 1.29 is 9.92 Å². The maximum atomic E-state index is 9.83. The van der Waals surface area contributed by atoms with Crippen molar-refractivity contribution in [1.29, 1.82) is 0 Å². The van der Waals surface area contributed by atoms with E-state index < -0.39 is 5.09 Å². The van der Waals surface area contributed by atoms with Crippen LogP contribution >= 0.6 is 11.8 Å². The van der Waals surface area contributed by atoms with Crippen LogP contribution in [0.4, 0.5) is 0 Å². The van der Waals surface area contributed by atoms with Gasteiger partial charge in [0.05, 0.1) is 0 Å². The van der Waals surface area contributed by atoms with Crippen molar-refractivity contribution in [3.05, 3.63) is 20.7 Å². The molecule has 5 nitrogen and oxygen atoms in total. The normalized spacial score (nSPS) is 11.8. The minimum absolute atomic E-state index is 0.0655. The summed E-state index contributed by atoms with van der Waals surface area (Å²) in [4.78, 5) is 18.7. The maximum Gasteiger partial charge on any atom is 0.294 e. The van der Waals surface area contributed by atoms with Crippen molar-refractivity contribution in [2.75, 3.05) is 12.9 Å². The van der Waals surface area contributed by atoms with E-state index in [4.69, 9.17) is 0 Å². The molecule has 74 valence electrons. The zero-order valence-electron chi connectivity index (χ0n) is 7.65. The Labute approximate surface area is 81.0 Å². The molecule has 0 unspecified atom stereocenters. The lowest BCUT2D eigenvalue weighted by Gasteiger charge is -2.04. The molecule has 0 aromatic rings. The van der Waals surface area contributed by atoms with Gasteiger partial charge in [0.1, 0.15) is 6.61 Å².